The highest BCUT2D eigenvalue weighted by atomic mass is 35.5. The first-order valence-corrected chi connectivity index (χ1v) is 12.5. The zero-order valence-corrected chi connectivity index (χ0v) is 20.5. The zero-order valence-electron chi connectivity index (χ0n) is 19.8. The minimum atomic E-state index is -0.189. The second-order valence-electron chi connectivity index (χ2n) is 9.19. The number of benzene rings is 2. The van der Waals surface area contributed by atoms with Crippen LogP contribution in [0.5, 0.6) is 0 Å². The highest BCUT2D eigenvalue weighted by Crippen LogP contribution is 2.40. The van der Waals surface area contributed by atoms with E-state index in [0.29, 0.717) is 28.4 Å². The molecule has 5 rings (SSSR count). The number of likely N-dealkylation sites (tertiary alicyclic amines) is 1. The molecule has 0 aliphatic carbocycles. The molecule has 0 bridgehead atoms. The summed E-state index contributed by atoms with van der Waals surface area (Å²) in [6, 6.07) is 15.2. The second-order valence-corrected chi connectivity index (χ2v) is 9.62. The number of aromatic amines is 1. The van der Waals surface area contributed by atoms with Crippen LogP contribution in [0.3, 0.4) is 0 Å². The lowest BCUT2D eigenvalue weighted by Crippen LogP contribution is -2.28. The van der Waals surface area contributed by atoms with E-state index >= 15 is 0 Å². The number of hydrogen-bond acceptors (Lipinski definition) is 3. The van der Waals surface area contributed by atoms with Crippen LogP contribution in [0.15, 0.2) is 48.5 Å². The van der Waals surface area contributed by atoms with Gasteiger partial charge in [0.25, 0.3) is 11.8 Å². The highest BCUT2D eigenvalue weighted by molar-refractivity contribution is 6.36. The molecule has 2 amide bonds. The maximum Gasteiger partial charge on any atom is 0.256 e. The van der Waals surface area contributed by atoms with Crippen LogP contribution in [-0.2, 0) is 4.79 Å². The number of fused-ring (bicyclic) bond motifs is 1. The summed E-state index contributed by atoms with van der Waals surface area (Å²) < 4.78 is 0. The molecular weight excluding hydrogens is 460 g/mol. The molecule has 3 N–H and O–H groups in total. The molecule has 0 saturated carbocycles. The fourth-order valence-electron chi connectivity index (χ4n) is 4.92. The van der Waals surface area contributed by atoms with E-state index in [1.165, 1.54) is 12.8 Å². The van der Waals surface area contributed by atoms with Crippen LogP contribution >= 0.6 is 11.6 Å². The number of carbonyl (C=O) groups is 2. The molecule has 180 valence electrons. The minimum Gasteiger partial charge on any atom is -0.358 e. The number of carbonyl (C=O) groups excluding carboxylic acids is 2. The van der Waals surface area contributed by atoms with Crippen molar-refractivity contribution in [2.45, 2.75) is 26.2 Å². The van der Waals surface area contributed by atoms with Gasteiger partial charge in [0.15, 0.2) is 0 Å². The van der Waals surface area contributed by atoms with Gasteiger partial charge in [-0.2, -0.15) is 0 Å². The lowest BCUT2D eigenvalue weighted by Gasteiger charge is -2.14. The first-order chi connectivity index (χ1) is 17.0. The highest BCUT2D eigenvalue weighted by Gasteiger charge is 2.28. The van der Waals surface area contributed by atoms with Crippen molar-refractivity contribution in [3.63, 3.8) is 0 Å². The van der Waals surface area contributed by atoms with Gasteiger partial charge in [-0.05, 0) is 87.3 Å². The van der Waals surface area contributed by atoms with Crippen LogP contribution in [0.25, 0.3) is 22.8 Å². The molecule has 2 aliphatic rings. The van der Waals surface area contributed by atoms with E-state index in [1.807, 2.05) is 55.5 Å². The Morgan fingerprint density at radius 2 is 1.91 bits per heavy atom. The van der Waals surface area contributed by atoms with Crippen molar-refractivity contribution in [3.8, 4) is 11.1 Å². The Hall–Kier alpha value is -3.35. The molecule has 2 aliphatic heterocycles. The van der Waals surface area contributed by atoms with Gasteiger partial charge in [0.05, 0.1) is 16.8 Å². The third kappa shape index (κ3) is 5.04. The molecule has 0 unspecified atom stereocenters. The molecular formula is C28H29ClN4O2. The fourth-order valence-corrected chi connectivity index (χ4v) is 5.05. The number of hydrogen-bond donors (Lipinski definition) is 3. The number of H-pyrrole nitrogens is 1. The molecule has 3 aromatic rings. The largest absolute Gasteiger partial charge is 0.358 e. The van der Waals surface area contributed by atoms with Crippen LogP contribution in [0.4, 0.5) is 5.69 Å². The van der Waals surface area contributed by atoms with Crippen molar-refractivity contribution < 1.29 is 9.59 Å². The minimum absolute atomic E-state index is 0.132. The van der Waals surface area contributed by atoms with Crippen molar-refractivity contribution in [2.24, 2.45) is 0 Å². The monoisotopic (exact) mass is 488 g/mol. The number of aryl methyl sites for hydroxylation is 1. The third-order valence-electron chi connectivity index (χ3n) is 6.63. The van der Waals surface area contributed by atoms with Gasteiger partial charge < -0.3 is 20.5 Å². The molecule has 6 nitrogen and oxygen atoms in total. The van der Waals surface area contributed by atoms with Gasteiger partial charge in [-0.1, -0.05) is 35.9 Å². The van der Waals surface area contributed by atoms with Gasteiger partial charge in [-0.3, -0.25) is 9.59 Å². The summed E-state index contributed by atoms with van der Waals surface area (Å²) in [4.78, 5) is 31.7. The van der Waals surface area contributed by atoms with E-state index in [9.17, 15) is 9.59 Å². The van der Waals surface area contributed by atoms with Crippen molar-refractivity contribution in [3.05, 3.63) is 76.1 Å². The standard InChI is InChI=1S/C28H29ClN4O2/c1-18-16-22(27(34)30-12-5-15-33-13-2-3-14-33)25(31-18)17-23-26-21(19-8-10-20(29)11-9-19)6-4-7-24(26)32-28(23)35/h4,6-11,16-17,31H,2-3,5,12-15H2,1H3,(H,30,34)(H,32,35). The zero-order chi connectivity index (χ0) is 24.4. The summed E-state index contributed by atoms with van der Waals surface area (Å²) in [6.07, 6.45) is 5.24. The van der Waals surface area contributed by atoms with Gasteiger partial charge in [0, 0.05) is 28.5 Å². The smallest absolute Gasteiger partial charge is 0.256 e. The van der Waals surface area contributed by atoms with E-state index in [-0.39, 0.29) is 11.8 Å². The SMILES string of the molecule is Cc1cc(C(=O)NCCCN2CCCC2)c(C=C2C(=O)Nc3cccc(-c4ccc(Cl)cc4)c32)[nH]1. The topological polar surface area (TPSA) is 77.2 Å². The number of nitrogens with one attached hydrogen (secondary N) is 3. The van der Waals surface area contributed by atoms with Crippen LogP contribution in [0, 0.1) is 6.92 Å². The molecule has 2 aromatic carbocycles. The average molecular weight is 489 g/mol. The number of rotatable bonds is 7. The number of anilines is 1. The van der Waals surface area contributed by atoms with Crippen molar-refractivity contribution >= 4 is 40.8 Å². The summed E-state index contributed by atoms with van der Waals surface area (Å²) in [5.41, 5.74) is 6.03. The number of nitrogens with zero attached hydrogens (tertiary/aromatic N) is 1. The van der Waals surface area contributed by atoms with Gasteiger partial charge in [-0.15, -0.1) is 0 Å². The van der Waals surface area contributed by atoms with E-state index < -0.39 is 0 Å². The molecule has 0 spiro atoms. The molecule has 3 heterocycles. The van der Waals surface area contributed by atoms with Crippen molar-refractivity contribution in [1.82, 2.24) is 15.2 Å². The number of aromatic nitrogens is 1. The predicted octanol–water partition coefficient (Wildman–Crippen LogP) is 5.35. The Balaban J connectivity index is 1.40. The fraction of sp³-hybridized carbons (Fsp3) is 0.286. The van der Waals surface area contributed by atoms with Gasteiger partial charge >= 0.3 is 0 Å². The molecule has 1 aromatic heterocycles. The molecule has 1 saturated heterocycles. The molecule has 0 radical (unpaired) electrons. The lowest BCUT2D eigenvalue weighted by molar-refractivity contribution is -0.110. The summed E-state index contributed by atoms with van der Waals surface area (Å²) in [5.74, 6) is -0.321. The quantitative estimate of drug-likeness (QED) is 0.310. The Morgan fingerprint density at radius 1 is 1.14 bits per heavy atom. The third-order valence-corrected chi connectivity index (χ3v) is 6.89. The summed E-state index contributed by atoms with van der Waals surface area (Å²) in [5, 5.41) is 6.66. The molecule has 1 fully saturated rings. The van der Waals surface area contributed by atoms with E-state index in [4.69, 9.17) is 11.6 Å². The lowest BCUT2D eigenvalue weighted by atomic mass is 9.94. The number of amides is 2. The summed E-state index contributed by atoms with van der Waals surface area (Å²) in [6.45, 7) is 5.86. The second kappa shape index (κ2) is 10.1. The van der Waals surface area contributed by atoms with Crippen LogP contribution in [0.2, 0.25) is 5.02 Å². The summed E-state index contributed by atoms with van der Waals surface area (Å²) in [7, 11) is 0. The summed E-state index contributed by atoms with van der Waals surface area (Å²) >= 11 is 6.08. The molecule has 35 heavy (non-hydrogen) atoms. The van der Waals surface area contributed by atoms with Crippen molar-refractivity contribution in [1.29, 1.82) is 0 Å². The normalized spacial score (nSPS) is 16.5. The predicted molar refractivity (Wildman–Crippen MR) is 142 cm³/mol. The Morgan fingerprint density at radius 3 is 2.69 bits per heavy atom. The van der Waals surface area contributed by atoms with E-state index in [2.05, 4.69) is 20.5 Å². The Bertz CT molecular complexity index is 1290. The van der Waals surface area contributed by atoms with Gasteiger partial charge in [-0.25, -0.2) is 0 Å². The molecule has 0 atom stereocenters. The van der Waals surface area contributed by atoms with Crippen LogP contribution in [0.1, 0.15) is 46.6 Å². The van der Waals surface area contributed by atoms with E-state index in [1.54, 1.807) is 6.08 Å². The number of halogens is 1. The Labute approximate surface area is 210 Å². The van der Waals surface area contributed by atoms with Crippen molar-refractivity contribution in [2.75, 3.05) is 31.5 Å². The maximum atomic E-state index is 13.0. The van der Waals surface area contributed by atoms with Gasteiger partial charge in [0.2, 0.25) is 0 Å². The van der Waals surface area contributed by atoms with Crippen LogP contribution < -0.4 is 10.6 Å². The molecule has 7 heteroatoms. The Kier molecular flexibility index (Phi) is 6.75. The van der Waals surface area contributed by atoms with Crippen LogP contribution in [-0.4, -0.2) is 47.9 Å². The first-order valence-electron chi connectivity index (χ1n) is 12.1. The maximum absolute atomic E-state index is 13.0. The average Bonchev–Trinajstić information content (AvgIpc) is 3.57. The van der Waals surface area contributed by atoms with E-state index in [0.717, 1.165) is 54.1 Å². The van der Waals surface area contributed by atoms with Gasteiger partial charge in [0.1, 0.15) is 0 Å². The first kappa shape index (κ1) is 23.4.